The van der Waals surface area contributed by atoms with E-state index in [4.69, 9.17) is 40.1 Å². The van der Waals surface area contributed by atoms with Gasteiger partial charge in [0.25, 0.3) is 0 Å². The summed E-state index contributed by atoms with van der Waals surface area (Å²) in [5, 5.41) is 5.82. The summed E-state index contributed by atoms with van der Waals surface area (Å²) in [5.41, 5.74) is 10.4. The van der Waals surface area contributed by atoms with Gasteiger partial charge in [-0.15, -0.1) is 0 Å². The van der Waals surface area contributed by atoms with Crippen molar-refractivity contribution in [1.29, 1.82) is 0 Å². The maximum Gasteiger partial charge on any atom is 0.319 e. The number of fused-ring (bicyclic) bond motifs is 7. The van der Waals surface area contributed by atoms with Gasteiger partial charge in [-0.3, -0.25) is 19.8 Å². The molecule has 4 fully saturated rings. The highest BCUT2D eigenvalue weighted by atomic mass is 19.1. The van der Waals surface area contributed by atoms with Crippen LogP contribution < -0.4 is 25.4 Å². The lowest BCUT2D eigenvalue weighted by Crippen LogP contribution is -2.44. The molecule has 85 heavy (non-hydrogen) atoms. The van der Waals surface area contributed by atoms with Gasteiger partial charge >= 0.3 is 12.0 Å². The number of hydrogen-bond donors (Lipinski definition) is 3. The minimum absolute atomic E-state index is 0.00561. The first-order valence-corrected chi connectivity index (χ1v) is 29.0. The summed E-state index contributed by atoms with van der Waals surface area (Å²) >= 11 is 0. The van der Waals surface area contributed by atoms with Crippen molar-refractivity contribution in [2.45, 2.75) is 81.6 Å². The Kier molecular flexibility index (Phi) is 12.9. The highest BCUT2D eigenvalue weighted by Crippen LogP contribution is 2.51. The van der Waals surface area contributed by atoms with E-state index in [2.05, 4.69) is 35.1 Å². The quantitative estimate of drug-likeness (QED) is 0.0823. The third-order valence-electron chi connectivity index (χ3n) is 18.4. The molecular formula is C65H58F4N14O2. The van der Waals surface area contributed by atoms with Crippen LogP contribution in [0.3, 0.4) is 0 Å². The zero-order chi connectivity index (χ0) is 57.6. The molecule has 4 aliphatic heterocycles. The van der Waals surface area contributed by atoms with Crippen LogP contribution in [0.15, 0.2) is 122 Å². The first-order chi connectivity index (χ1) is 41.5. The van der Waals surface area contributed by atoms with E-state index in [1.807, 2.05) is 54.4 Å². The van der Waals surface area contributed by atoms with Gasteiger partial charge in [-0.25, -0.2) is 27.5 Å². The molecule has 428 valence electrons. The van der Waals surface area contributed by atoms with Crippen molar-refractivity contribution in [2.75, 3.05) is 55.8 Å². The molecule has 4 aliphatic rings. The lowest BCUT2D eigenvalue weighted by atomic mass is 9.92. The SMILES string of the molecule is CN(Cc1cccnc1N)c1nc(OCC23CCCN2C(c2ccc(F)c4c(-c5ncc6c(NCc7ccc8[nH]cnc8c7)nc(OCC78CCCN7CCC8)nc6c5F)cccc24)CC3)nc2c(F)c(-c3cccc4cccc(F)c34)ncc12. The Hall–Kier alpha value is -9.14. The molecule has 10 heterocycles. The number of hydrogen-bond acceptors (Lipinski definition) is 15. The minimum Gasteiger partial charge on any atom is -0.461 e. The van der Waals surface area contributed by atoms with Gasteiger partial charge in [0.1, 0.15) is 64.7 Å². The molecule has 15 rings (SSSR count). The number of rotatable bonds is 15. The first kappa shape index (κ1) is 52.6. The van der Waals surface area contributed by atoms with Gasteiger partial charge in [0.05, 0.1) is 39.2 Å². The number of halogens is 4. The second-order valence-electron chi connectivity index (χ2n) is 23.1. The number of pyridine rings is 3. The molecule has 6 aromatic heterocycles. The van der Waals surface area contributed by atoms with Crippen molar-refractivity contribution in [2.24, 2.45) is 0 Å². The van der Waals surface area contributed by atoms with Crippen LogP contribution in [0.2, 0.25) is 0 Å². The summed E-state index contributed by atoms with van der Waals surface area (Å²) in [7, 11) is 1.81. The Labute approximate surface area is 485 Å². The number of H-pyrrole nitrogens is 1. The minimum atomic E-state index is -0.752. The topological polar surface area (TPSA) is 185 Å². The van der Waals surface area contributed by atoms with Gasteiger partial charge in [-0.05, 0) is 123 Å². The van der Waals surface area contributed by atoms with Gasteiger partial charge in [-0.1, -0.05) is 66.7 Å². The lowest BCUT2D eigenvalue weighted by Gasteiger charge is -2.35. The van der Waals surface area contributed by atoms with Gasteiger partial charge < -0.3 is 30.4 Å². The highest BCUT2D eigenvalue weighted by Gasteiger charge is 2.51. The third-order valence-corrected chi connectivity index (χ3v) is 18.4. The zero-order valence-electron chi connectivity index (χ0n) is 46.6. The fraction of sp³-hybridized carbons (Fsp3) is 0.292. The molecule has 4 saturated heterocycles. The van der Waals surface area contributed by atoms with Gasteiger partial charge in [0.2, 0.25) is 0 Å². The predicted molar refractivity (Wildman–Crippen MR) is 319 cm³/mol. The van der Waals surface area contributed by atoms with Gasteiger partial charge in [0.15, 0.2) is 11.6 Å². The van der Waals surface area contributed by atoms with Crippen molar-refractivity contribution in [3.05, 3.63) is 162 Å². The largest absolute Gasteiger partial charge is 0.461 e. The monoisotopic (exact) mass is 1140 g/mol. The van der Waals surface area contributed by atoms with E-state index in [1.54, 1.807) is 61.2 Å². The molecule has 0 bridgehead atoms. The second kappa shape index (κ2) is 20.9. The van der Waals surface area contributed by atoms with E-state index in [0.717, 1.165) is 92.3 Å². The Morgan fingerprint density at radius 1 is 0.682 bits per heavy atom. The zero-order valence-corrected chi connectivity index (χ0v) is 46.6. The molecule has 0 spiro atoms. The fourth-order valence-electron chi connectivity index (χ4n) is 14.2. The van der Waals surface area contributed by atoms with Crippen molar-refractivity contribution in [1.82, 2.24) is 54.7 Å². The second-order valence-corrected chi connectivity index (χ2v) is 23.1. The van der Waals surface area contributed by atoms with Crippen molar-refractivity contribution < 1.29 is 27.0 Å². The van der Waals surface area contributed by atoms with Crippen LogP contribution in [0.4, 0.5) is 35.0 Å². The number of benzene rings is 5. The van der Waals surface area contributed by atoms with Crippen LogP contribution in [0, 0.1) is 23.3 Å². The van der Waals surface area contributed by atoms with Crippen molar-refractivity contribution >= 4 is 71.8 Å². The molecule has 2 atom stereocenters. The normalized spacial score (nSPS) is 18.5. The van der Waals surface area contributed by atoms with Gasteiger partial charge in [-0.2, -0.15) is 19.9 Å². The summed E-state index contributed by atoms with van der Waals surface area (Å²) in [6.07, 6.45) is 13.6. The molecule has 20 heteroatoms. The molecule has 0 saturated carbocycles. The van der Waals surface area contributed by atoms with Gasteiger partial charge in [0, 0.05) is 72.2 Å². The van der Waals surface area contributed by atoms with Crippen LogP contribution in [-0.4, -0.2) is 106 Å². The molecule has 0 amide bonds. The number of aromatic amines is 1. The standard InChI is InChI=1S/C65H58F4N14O2/c1-81(33-39-11-5-25-71-59(39)70)61-45-32-73-55(42-13-2-9-38-10-3-15-46(66)51(38)42)54(69)58(45)78-63(80-61)85-35-65-23-8-28-83(65)50(20-24-65)40-17-18-47(67)52-41(40)12-4-14-43(52)56-53(68)57-44(31-72-56)60(74-30-37-16-19-48-49(29-37)76-36-75-48)79-62(77-57)84-34-64-21-6-26-82(64)27-7-22-64/h2-5,9-19,25,29,31-32,36,50H,6-8,20-24,26-28,30,33-35H2,1H3,(H2,70,71)(H,75,76)(H,74,77,79). The summed E-state index contributed by atoms with van der Waals surface area (Å²) in [6.45, 7) is 3.94. The Morgan fingerprint density at radius 2 is 1.38 bits per heavy atom. The Balaban J connectivity index is 0.756. The molecule has 5 aromatic carbocycles. The average Bonchev–Trinajstić information content (AvgIpc) is 2.51. The van der Waals surface area contributed by atoms with Crippen LogP contribution in [-0.2, 0) is 13.1 Å². The molecular weight excluding hydrogens is 1080 g/mol. The number of ether oxygens (including phenoxy) is 2. The smallest absolute Gasteiger partial charge is 0.319 e. The molecule has 0 aliphatic carbocycles. The van der Waals surface area contributed by atoms with Crippen LogP contribution in [0.1, 0.15) is 74.1 Å². The Bertz CT molecular complexity index is 4460. The molecule has 2 unspecified atom stereocenters. The number of imidazole rings is 1. The number of aromatic nitrogens is 9. The van der Waals surface area contributed by atoms with E-state index < -0.39 is 28.8 Å². The predicted octanol–water partition coefficient (Wildman–Crippen LogP) is 12.4. The Morgan fingerprint density at radius 3 is 2.18 bits per heavy atom. The van der Waals surface area contributed by atoms with Crippen LogP contribution >= 0.6 is 0 Å². The molecule has 4 N–H and O–H groups in total. The van der Waals surface area contributed by atoms with E-state index >= 15 is 17.6 Å². The molecule has 0 radical (unpaired) electrons. The summed E-state index contributed by atoms with van der Waals surface area (Å²) in [4.78, 5) is 47.1. The summed E-state index contributed by atoms with van der Waals surface area (Å²) < 4.78 is 80.4. The molecule has 11 aromatic rings. The van der Waals surface area contributed by atoms with E-state index in [1.165, 1.54) is 18.3 Å². The lowest BCUT2D eigenvalue weighted by molar-refractivity contribution is 0.0849. The van der Waals surface area contributed by atoms with Crippen molar-refractivity contribution in [3.63, 3.8) is 0 Å². The van der Waals surface area contributed by atoms with Crippen molar-refractivity contribution in [3.8, 4) is 34.5 Å². The van der Waals surface area contributed by atoms with E-state index in [9.17, 15) is 0 Å². The summed E-state index contributed by atoms with van der Waals surface area (Å²) in [6, 6.07) is 28.0. The van der Waals surface area contributed by atoms with E-state index in [0.29, 0.717) is 58.6 Å². The number of anilines is 3. The first-order valence-electron chi connectivity index (χ1n) is 29.0. The third kappa shape index (κ3) is 9.02. The maximum atomic E-state index is 17.7. The molecule has 16 nitrogen and oxygen atoms in total. The summed E-state index contributed by atoms with van der Waals surface area (Å²) in [5.74, 6) is -1.44. The van der Waals surface area contributed by atoms with Crippen LogP contribution in [0.25, 0.3) is 76.9 Å². The van der Waals surface area contributed by atoms with Crippen LogP contribution in [0.5, 0.6) is 12.0 Å². The number of nitrogens with one attached hydrogen (secondary N) is 2. The number of nitrogen functional groups attached to an aromatic ring is 1. The highest BCUT2D eigenvalue weighted by molar-refractivity contribution is 6.02. The number of nitrogens with zero attached hydrogens (tertiary/aromatic N) is 11. The maximum absolute atomic E-state index is 17.7. The average molecular weight is 1140 g/mol. The fourth-order valence-corrected chi connectivity index (χ4v) is 14.2. The van der Waals surface area contributed by atoms with E-state index in [-0.39, 0.29) is 81.1 Å². The number of nitrogens with two attached hydrogens (primary N) is 1.